The van der Waals surface area contributed by atoms with Gasteiger partial charge in [-0.05, 0) is 85.4 Å². The molecule has 7 atom stereocenters. The predicted molar refractivity (Wildman–Crippen MR) is 60.3 cm³/mol. The van der Waals surface area contributed by atoms with Crippen molar-refractivity contribution in [3.8, 4) is 0 Å². The van der Waals surface area contributed by atoms with Crippen molar-refractivity contribution in [2.24, 2.45) is 40.4 Å². The first-order valence-electron chi connectivity index (χ1n) is 7.32. The van der Waals surface area contributed by atoms with Crippen LogP contribution in [0.1, 0.15) is 51.9 Å². The minimum Gasteiger partial charge on any atom is -0.0648 e. The summed E-state index contributed by atoms with van der Waals surface area (Å²) in [4.78, 5) is 0. The Kier molecular flexibility index (Phi) is 1.11. The summed E-state index contributed by atoms with van der Waals surface area (Å²) in [5.74, 6) is 5.99. The second-order valence-corrected chi connectivity index (χ2v) is 7.44. The van der Waals surface area contributed by atoms with Gasteiger partial charge in [-0.25, -0.2) is 0 Å². The molecule has 6 rings (SSSR count). The smallest absolute Gasteiger partial charge is 0.0176 e. The summed E-state index contributed by atoms with van der Waals surface area (Å²) in [5, 5.41) is 0. The highest BCUT2D eigenvalue weighted by atomic mass is 14.9. The summed E-state index contributed by atoms with van der Waals surface area (Å²) in [6.45, 7) is 2.52. The van der Waals surface area contributed by atoms with Crippen LogP contribution in [0, 0.1) is 40.4 Å². The first-order valence-corrected chi connectivity index (χ1v) is 7.32. The summed E-state index contributed by atoms with van der Waals surface area (Å²) in [6.07, 6.45) is 11.4. The van der Waals surface area contributed by atoms with Gasteiger partial charge in [0.05, 0.1) is 0 Å². The second-order valence-electron chi connectivity index (χ2n) is 7.44. The number of fused-ring (bicyclic) bond motifs is 3. The molecule has 0 aromatic rings. The van der Waals surface area contributed by atoms with Gasteiger partial charge >= 0.3 is 0 Å². The summed E-state index contributed by atoms with van der Waals surface area (Å²) in [5.41, 5.74) is 1.81. The molecule has 0 heteroatoms. The minimum atomic E-state index is 0.881. The minimum absolute atomic E-state index is 0.881. The second kappa shape index (κ2) is 2.05. The summed E-state index contributed by atoms with van der Waals surface area (Å²) >= 11 is 0. The lowest BCUT2D eigenvalue weighted by molar-refractivity contribution is -0.142. The van der Waals surface area contributed by atoms with E-state index in [-0.39, 0.29) is 0 Å². The Hall–Kier alpha value is 0. The third kappa shape index (κ3) is 0.579. The number of hydrogen-bond donors (Lipinski definition) is 0. The van der Waals surface area contributed by atoms with Crippen LogP contribution in [0.2, 0.25) is 0 Å². The van der Waals surface area contributed by atoms with Gasteiger partial charge in [0.15, 0.2) is 0 Å². The fourth-order valence-corrected chi connectivity index (χ4v) is 7.49. The van der Waals surface area contributed by atoms with E-state index in [1.807, 2.05) is 0 Å². The molecule has 6 aliphatic carbocycles. The highest BCUT2D eigenvalue weighted by molar-refractivity contribution is 5.29. The van der Waals surface area contributed by atoms with Gasteiger partial charge in [-0.3, -0.25) is 0 Å². The fourth-order valence-electron chi connectivity index (χ4n) is 7.49. The van der Waals surface area contributed by atoms with Crippen molar-refractivity contribution >= 4 is 0 Å². The zero-order chi connectivity index (χ0) is 9.84. The lowest BCUT2D eigenvalue weighted by Crippen LogP contribution is -2.56. The van der Waals surface area contributed by atoms with Crippen LogP contribution in [0.5, 0.6) is 0 Å². The Morgan fingerprint density at radius 1 is 1.00 bits per heavy atom. The molecule has 82 valence electrons. The summed E-state index contributed by atoms with van der Waals surface area (Å²) in [6, 6.07) is 0. The quantitative estimate of drug-likeness (QED) is 0.605. The Labute approximate surface area is 92.8 Å². The van der Waals surface area contributed by atoms with Gasteiger partial charge in [-0.2, -0.15) is 0 Å². The van der Waals surface area contributed by atoms with Crippen molar-refractivity contribution in [3.63, 3.8) is 0 Å². The van der Waals surface area contributed by atoms with Crippen molar-refractivity contribution in [1.29, 1.82) is 0 Å². The largest absolute Gasteiger partial charge is 0.0648 e. The van der Waals surface area contributed by atoms with E-state index < -0.39 is 0 Å². The highest BCUT2D eigenvalue weighted by Gasteiger charge is 2.81. The van der Waals surface area contributed by atoms with E-state index in [0.29, 0.717) is 0 Å². The van der Waals surface area contributed by atoms with Gasteiger partial charge in [0.25, 0.3) is 0 Å². The number of rotatable bonds is 1. The van der Waals surface area contributed by atoms with E-state index in [9.17, 15) is 0 Å². The Bertz CT molecular complexity index is 344. The lowest BCUT2D eigenvalue weighted by Gasteiger charge is -2.62. The molecule has 0 N–H and O–H groups in total. The van der Waals surface area contributed by atoms with Crippen LogP contribution in [0.3, 0.4) is 0 Å². The molecule has 0 heterocycles. The molecule has 6 aliphatic rings. The van der Waals surface area contributed by atoms with Crippen molar-refractivity contribution in [2.75, 3.05) is 0 Å². The van der Waals surface area contributed by atoms with Gasteiger partial charge in [0, 0.05) is 0 Å². The molecule has 2 unspecified atom stereocenters. The Balaban J connectivity index is 1.73. The first-order chi connectivity index (χ1) is 7.32. The van der Waals surface area contributed by atoms with E-state index in [2.05, 4.69) is 6.92 Å². The molecule has 0 aromatic heterocycles. The van der Waals surface area contributed by atoms with Crippen LogP contribution in [0.25, 0.3) is 0 Å². The lowest BCUT2D eigenvalue weighted by atomic mass is 9.42. The van der Waals surface area contributed by atoms with Gasteiger partial charge in [-0.15, -0.1) is 0 Å². The molecule has 0 amide bonds. The van der Waals surface area contributed by atoms with Gasteiger partial charge < -0.3 is 0 Å². The molecule has 4 bridgehead atoms. The molecule has 0 aromatic carbocycles. The van der Waals surface area contributed by atoms with E-state index in [4.69, 9.17) is 0 Å². The normalized spacial score (nSPS) is 72.2. The van der Waals surface area contributed by atoms with E-state index >= 15 is 0 Å². The third-order valence-corrected chi connectivity index (χ3v) is 7.80. The van der Waals surface area contributed by atoms with Crippen LogP contribution in [-0.2, 0) is 0 Å². The van der Waals surface area contributed by atoms with E-state index in [1.165, 1.54) is 36.0 Å². The van der Waals surface area contributed by atoms with Crippen LogP contribution in [-0.4, -0.2) is 0 Å². The maximum atomic E-state index is 2.52. The van der Waals surface area contributed by atoms with Crippen molar-refractivity contribution in [3.05, 3.63) is 0 Å². The summed E-state index contributed by atoms with van der Waals surface area (Å²) < 4.78 is 0. The van der Waals surface area contributed by atoms with Crippen LogP contribution < -0.4 is 0 Å². The zero-order valence-corrected chi connectivity index (χ0v) is 9.84. The number of hydrogen-bond acceptors (Lipinski definition) is 0. The molecule has 0 nitrogen and oxygen atoms in total. The van der Waals surface area contributed by atoms with E-state index in [1.54, 1.807) is 38.5 Å². The molecule has 6 fully saturated rings. The molecule has 15 heavy (non-hydrogen) atoms. The summed E-state index contributed by atoms with van der Waals surface area (Å²) in [7, 11) is 0. The Morgan fingerprint density at radius 3 is 2.73 bits per heavy atom. The van der Waals surface area contributed by atoms with Crippen molar-refractivity contribution < 1.29 is 0 Å². The monoisotopic (exact) mass is 202 g/mol. The van der Waals surface area contributed by atoms with Crippen LogP contribution in [0.15, 0.2) is 0 Å². The molecule has 1 spiro atoms. The van der Waals surface area contributed by atoms with Crippen LogP contribution >= 0.6 is 0 Å². The fraction of sp³-hybridized carbons (Fsp3) is 1.00. The maximum absolute atomic E-state index is 2.52. The van der Waals surface area contributed by atoms with Crippen molar-refractivity contribution in [2.45, 2.75) is 51.9 Å². The third-order valence-electron chi connectivity index (χ3n) is 7.80. The average Bonchev–Trinajstić information content (AvgIpc) is 2.94. The predicted octanol–water partition coefficient (Wildman–Crippen LogP) is 3.86. The Morgan fingerprint density at radius 2 is 1.93 bits per heavy atom. The zero-order valence-electron chi connectivity index (χ0n) is 9.84. The standard InChI is InChI=1S/C15H22/c1-2-14-7-9-3-4-11-6-13(9)15(11,14)8-10-5-12(10)14/h9-13H,2-8H2,1H3/t9?,10-,11?,12+,13+,14+,15+/m1/s1. The molecule has 0 aliphatic heterocycles. The molecule has 0 radical (unpaired) electrons. The van der Waals surface area contributed by atoms with Gasteiger partial charge in [0.1, 0.15) is 0 Å². The molecule has 0 saturated heterocycles. The molecular weight excluding hydrogens is 180 g/mol. The van der Waals surface area contributed by atoms with Crippen LogP contribution in [0.4, 0.5) is 0 Å². The maximum Gasteiger partial charge on any atom is -0.0176 e. The average molecular weight is 202 g/mol. The van der Waals surface area contributed by atoms with Crippen molar-refractivity contribution in [1.82, 2.24) is 0 Å². The molecule has 6 saturated carbocycles. The van der Waals surface area contributed by atoms with Gasteiger partial charge in [0.2, 0.25) is 0 Å². The topological polar surface area (TPSA) is 0 Å². The SMILES string of the molecule is CC[C@@]12CC3CCC4C[C@@H]3[C@]41C[C@H]1C[C@@H]12. The molecular formula is C15H22. The first kappa shape index (κ1) is 8.14. The van der Waals surface area contributed by atoms with E-state index in [0.717, 1.165) is 10.8 Å². The highest BCUT2D eigenvalue weighted by Crippen LogP contribution is 2.88. The van der Waals surface area contributed by atoms with Gasteiger partial charge in [-0.1, -0.05) is 6.92 Å².